The minimum atomic E-state index is 0.877. The summed E-state index contributed by atoms with van der Waals surface area (Å²) in [5, 5.41) is 3.29. The van der Waals surface area contributed by atoms with Crippen LogP contribution in [0, 0.1) is 0 Å². The van der Waals surface area contributed by atoms with Crippen LogP contribution in [0.4, 0.5) is 5.82 Å². The van der Waals surface area contributed by atoms with E-state index < -0.39 is 0 Å². The highest BCUT2D eigenvalue weighted by atomic mass is 15.3. The maximum Gasteiger partial charge on any atom is 0.126 e. The SMILES string of the molecule is CCNc1cccc(CN2CCN(C3CCCC3)CC2)n1. The average molecular weight is 288 g/mol. The second-order valence-corrected chi connectivity index (χ2v) is 6.29. The van der Waals surface area contributed by atoms with Crippen LogP contribution in [0.25, 0.3) is 0 Å². The molecule has 0 aromatic carbocycles. The van der Waals surface area contributed by atoms with E-state index in [9.17, 15) is 0 Å². The van der Waals surface area contributed by atoms with Crippen LogP contribution in [0.3, 0.4) is 0 Å². The smallest absolute Gasteiger partial charge is 0.126 e. The first-order valence-electron chi connectivity index (χ1n) is 8.51. The molecule has 1 saturated carbocycles. The number of nitrogens with zero attached hydrogens (tertiary/aromatic N) is 3. The van der Waals surface area contributed by atoms with Crippen molar-refractivity contribution in [1.29, 1.82) is 0 Å². The zero-order valence-electron chi connectivity index (χ0n) is 13.2. The Hall–Kier alpha value is -1.13. The normalized spacial score (nSPS) is 21.8. The topological polar surface area (TPSA) is 31.4 Å². The number of rotatable bonds is 5. The van der Waals surface area contributed by atoms with Gasteiger partial charge in [0.05, 0.1) is 5.69 Å². The van der Waals surface area contributed by atoms with Gasteiger partial charge in [-0.15, -0.1) is 0 Å². The lowest BCUT2D eigenvalue weighted by Gasteiger charge is -2.37. The number of piperazine rings is 1. The van der Waals surface area contributed by atoms with Crippen LogP contribution in [-0.4, -0.2) is 53.5 Å². The molecule has 1 aliphatic heterocycles. The fraction of sp³-hybridized carbons (Fsp3) is 0.706. The van der Waals surface area contributed by atoms with Crippen molar-refractivity contribution >= 4 is 5.82 Å². The molecule has 1 saturated heterocycles. The van der Waals surface area contributed by atoms with Crippen LogP contribution in [0.15, 0.2) is 18.2 Å². The molecule has 2 heterocycles. The lowest BCUT2D eigenvalue weighted by atomic mass is 10.2. The Morgan fingerprint density at radius 3 is 2.62 bits per heavy atom. The van der Waals surface area contributed by atoms with Gasteiger partial charge in [-0.2, -0.15) is 0 Å². The van der Waals surface area contributed by atoms with Gasteiger partial charge in [0, 0.05) is 45.3 Å². The van der Waals surface area contributed by atoms with Gasteiger partial charge in [0.15, 0.2) is 0 Å². The Labute approximate surface area is 128 Å². The van der Waals surface area contributed by atoms with Gasteiger partial charge in [0.1, 0.15) is 5.82 Å². The third-order valence-electron chi connectivity index (χ3n) is 4.80. The maximum atomic E-state index is 4.69. The molecule has 0 radical (unpaired) electrons. The largest absolute Gasteiger partial charge is 0.370 e. The van der Waals surface area contributed by atoms with Crippen LogP contribution in [0.5, 0.6) is 0 Å². The Balaban J connectivity index is 1.49. The fourth-order valence-electron chi connectivity index (χ4n) is 3.63. The molecule has 1 N–H and O–H groups in total. The summed E-state index contributed by atoms with van der Waals surface area (Å²) in [4.78, 5) is 9.95. The molecule has 0 atom stereocenters. The van der Waals surface area contributed by atoms with E-state index in [0.717, 1.165) is 24.9 Å². The third-order valence-corrected chi connectivity index (χ3v) is 4.80. The van der Waals surface area contributed by atoms with Gasteiger partial charge >= 0.3 is 0 Å². The monoisotopic (exact) mass is 288 g/mol. The van der Waals surface area contributed by atoms with E-state index in [0.29, 0.717) is 0 Å². The molecule has 0 spiro atoms. The van der Waals surface area contributed by atoms with E-state index >= 15 is 0 Å². The Bertz CT molecular complexity index is 434. The number of pyridine rings is 1. The third kappa shape index (κ3) is 3.95. The Morgan fingerprint density at radius 2 is 1.90 bits per heavy atom. The molecule has 2 fully saturated rings. The van der Waals surface area contributed by atoms with Crippen molar-refractivity contribution < 1.29 is 0 Å². The summed E-state index contributed by atoms with van der Waals surface area (Å²) in [7, 11) is 0. The first-order valence-corrected chi connectivity index (χ1v) is 8.51. The average Bonchev–Trinajstić information content (AvgIpc) is 3.03. The molecule has 3 rings (SSSR count). The molecule has 21 heavy (non-hydrogen) atoms. The van der Waals surface area contributed by atoms with Crippen LogP contribution in [0.1, 0.15) is 38.3 Å². The second kappa shape index (κ2) is 7.23. The first-order chi connectivity index (χ1) is 10.3. The molecule has 116 valence electrons. The predicted molar refractivity (Wildman–Crippen MR) is 87.5 cm³/mol. The van der Waals surface area contributed by atoms with Gasteiger partial charge < -0.3 is 5.32 Å². The number of aromatic nitrogens is 1. The fourth-order valence-corrected chi connectivity index (χ4v) is 3.63. The molecule has 4 nitrogen and oxygen atoms in total. The molecule has 0 bridgehead atoms. The van der Waals surface area contributed by atoms with Crippen molar-refractivity contribution in [2.24, 2.45) is 0 Å². The van der Waals surface area contributed by atoms with Crippen molar-refractivity contribution in [3.8, 4) is 0 Å². The molecule has 0 amide bonds. The van der Waals surface area contributed by atoms with E-state index in [1.807, 2.05) is 6.07 Å². The van der Waals surface area contributed by atoms with Gasteiger partial charge in [-0.3, -0.25) is 9.80 Å². The Kier molecular flexibility index (Phi) is 5.09. The van der Waals surface area contributed by atoms with Crippen LogP contribution in [-0.2, 0) is 6.54 Å². The number of hydrogen-bond acceptors (Lipinski definition) is 4. The van der Waals surface area contributed by atoms with Crippen LogP contribution in [0.2, 0.25) is 0 Å². The summed E-state index contributed by atoms with van der Waals surface area (Å²) in [6.07, 6.45) is 5.72. The Morgan fingerprint density at radius 1 is 1.14 bits per heavy atom. The van der Waals surface area contributed by atoms with Crippen molar-refractivity contribution in [2.75, 3.05) is 38.0 Å². The van der Waals surface area contributed by atoms with Gasteiger partial charge in [0.25, 0.3) is 0 Å². The van der Waals surface area contributed by atoms with Gasteiger partial charge in [-0.05, 0) is 31.9 Å². The summed E-state index contributed by atoms with van der Waals surface area (Å²) in [5.41, 5.74) is 1.18. The van der Waals surface area contributed by atoms with Crippen LogP contribution >= 0.6 is 0 Å². The van der Waals surface area contributed by atoms with Crippen molar-refractivity contribution in [2.45, 2.75) is 45.2 Å². The van der Waals surface area contributed by atoms with E-state index in [2.05, 4.69) is 39.2 Å². The summed E-state index contributed by atoms with van der Waals surface area (Å²) in [5.74, 6) is 1.000. The molecular weight excluding hydrogens is 260 g/mol. The molecule has 1 aromatic heterocycles. The number of anilines is 1. The molecular formula is C17H28N4. The number of hydrogen-bond donors (Lipinski definition) is 1. The number of nitrogens with one attached hydrogen (secondary N) is 1. The van der Waals surface area contributed by atoms with Crippen LogP contribution < -0.4 is 5.32 Å². The van der Waals surface area contributed by atoms with E-state index in [4.69, 9.17) is 0 Å². The second-order valence-electron chi connectivity index (χ2n) is 6.29. The minimum absolute atomic E-state index is 0.877. The minimum Gasteiger partial charge on any atom is -0.370 e. The van der Waals surface area contributed by atoms with Gasteiger partial charge in [-0.25, -0.2) is 4.98 Å². The van der Waals surface area contributed by atoms with Crippen molar-refractivity contribution in [3.63, 3.8) is 0 Å². The molecule has 0 unspecified atom stereocenters. The lowest BCUT2D eigenvalue weighted by molar-refractivity contribution is 0.0930. The predicted octanol–water partition coefficient (Wildman–Crippen LogP) is 2.57. The standard InChI is InChI=1S/C17H28N4/c1-2-18-17-9-5-6-15(19-17)14-20-10-12-21(13-11-20)16-7-3-4-8-16/h5-6,9,16H,2-4,7-8,10-14H2,1H3,(H,18,19). The summed E-state index contributed by atoms with van der Waals surface area (Å²) in [6.45, 7) is 8.85. The van der Waals surface area contributed by atoms with E-state index in [1.165, 1.54) is 57.6 Å². The first kappa shape index (κ1) is 14.8. The van der Waals surface area contributed by atoms with Gasteiger partial charge in [-0.1, -0.05) is 18.9 Å². The molecule has 4 heteroatoms. The lowest BCUT2D eigenvalue weighted by Crippen LogP contribution is -2.49. The maximum absolute atomic E-state index is 4.69. The zero-order chi connectivity index (χ0) is 14.5. The highest BCUT2D eigenvalue weighted by Gasteiger charge is 2.26. The summed E-state index contributed by atoms with van der Waals surface area (Å²) < 4.78 is 0. The highest BCUT2D eigenvalue weighted by molar-refractivity contribution is 5.34. The molecule has 1 aromatic rings. The summed E-state index contributed by atoms with van der Waals surface area (Å²) >= 11 is 0. The zero-order valence-corrected chi connectivity index (χ0v) is 13.2. The van der Waals surface area contributed by atoms with Crippen molar-refractivity contribution in [3.05, 3.63) is 23.9 Å². The highest BCUT2D eigenvalue weighted by Crippen LogP contribution is 2.24. The summed E-state index contributed by atoms with van der Waals surface area (Å²) in [6, 6.07) is 7.17. The van der Waals surface area contributed by atoms with Crippen molar-refractivity contribution in [1.82, 2.24) is 14.8 Å². The van der Waals surface area contributed by atoms with E-state index in [1.54, 1.807) is 0 Å². The van der Waals surface area contributed by atoms with E-state index in [-0.39, 0.29) is 0 Å². The molecule has 1 aliphatic carbocycles. The van der Waals surface area contributed by atoms with Gasteiger partial charge in [0.2, 0.25) is 0 Å². The quantitative estimate of drug-likeness (QED) is 0.902. The molecule has 2 aliphatic rings.